The van der Waals surface area contributed by atoms with Gasteiger partial charge in [-0.15, -0.1) is 0 Å². The van der Waals surface area contributed by atoms with Crippen LogP contribution >= 0.6 is 11.6 Å². The van der Waals surface area contributed by atoms with Crippen molar-refractivity contribution < 1.29 is 19.1 Å². The van der Waals surface area contributed by atoms with E-state index in [2.05, 4.69) is 27.1 Å². The molecule has 1 amide bonds. The molecule has 1 aliphatic heterocycles. The second-order valence-electron chi connectivity index (χ2n) is 7.08. The minimum Gasteiger partial charge on any atom is -0.477 e. The van der Waals surface area contributed by atoms with Crippen molar-refractivity contribution in [3.63, 3.8) is 0 Å². The molecule has 10 heteroatoms. The number of anilines is 1. The molecule has 1 unspecified atom stereocenters. The quantitative estimate of drug-likeness (QED) is 0.528. The van der Waals surface area contributed by atoms with Crippen LogP contribution in [0.3, 0.4) is 0 Å². The molecular weight excluding hydrogens is 449 g/mol. The summed E-state index contributed by atoms with van der Waals surface area (Å²) >= 11 is 6.27. The molecule has 0 spiro atoms. The Morgan fingerprint density at radius 3 is 2.64 bits per heavy atom. The number of nitrogens with one attached hydrogen (secondary N) is 1. The number of hydrogen-bond donors (Lipinski definition) is 2. The molecule has 1 aromatic heterocycles. The SMILES string of the molecule is C=Nc1nc(-c2ccc(Cl)c(C(=O)NC3CC(C(=O)O)=NN3c3ccccc3)c2)ccc1F. The zero-order chi connectivity index (χ0) is 23.5. The van der Waals surface area contributed by atoms with Gasteiger partial charge in [-0.1, -0.05) is 35.9 Å². The third-order valence-electron chi connectivity index (χ3n) is 4.96. The summed E-state index contributed by atoms with van der Waals surface area (Å²) in [7, 11) is 0. The lowest BCUT2D eigenvalue weighted by Crippen LogP contribution is -2.44. The molecule has 2 heterocycles. The van der Waals surface area contributed by atoms with Crippen LogP contribution in [0.15, 0.2) is 70.8 Å². The van der Waals surface area contributed by atoms with E-state index in [1.54, 1.807) is 30.3 Å². The molecule has 2 N–H and O–H groups in total. The van der Waals surface area contributed by atoms with Gasteiger partial charge in [0.2, 0.25) is 0 Å². The largest absolute Gasteiger partial charge is 0.477 e. The highest BCUT2D eigenvalue weighted by Crippen LogP contribution is 2.28. The van der Waals surface area contributed by atoms with Crippen LogP contribution < -0.4 is 10.3 Å². The number of carbonyl (C=O) groups excluding carboxylic acids is 1. The Morgan fingerprint density at radius 2 is 1.94 bits per heavy atom. The molecule has 8 nitrogen and oxygen atoms in total. The Hall–Kier alpha value is -4.11. The molecule has 0 bridgehead atoms. The van der Waals surface area contributed by atoms with Crippen LogP contribution in [0.1, 0.15) is 16.8 Å². The summed E-state index contributed by atoms with van der Waals surface area (Å²) in [4.78, 5) is 32.2. The Balaban J connectivity index is 1.62. The summed E-state index contributed by atoms with van der Waals surface area (Å²) in [5.41, 5.74) is 1.59. The summed E-state index contributed by atoms with van der Waals surface area (Å²) in [6.45, 7) is 3.30. The van der Waals surface area contributed by atoms with Gasteiger partial charge in [-0.05, 0) is 43.1 Å². The van der Waals surface area contributed by atoms with E-state index in [4.69, 9.17) is 11.6 Å². The fraction of sp³-hybridized carbons (Fsp3) is 0.0870. The number of hydrogen-bond acceptors (Lipinski definition) is 6. The van der Waals surface area contributed by atoms with Gasteiger partial charge in [0.15, 0.2) is 11.6 Å². The summed E-state index contributed by atoms with van der Waals surface area (Å²) in [6, 6.07) is 16.2. The molecule has 0 saturated carbocycles. The Kier molecular flexibility index (Phi) is 6.14. The van der Waals surface area contributed by atoms with Crippen LogP contribution in [0.5, 0.6) is 0 Å². The second-order valence-corrected chi connectivity index (χ2v) is 7.49. The van der Waals surface area contributed by atoms with Gasteiger partial charge >= 0.3 is 5.97 Å². The number of pyridine rings is 1. The van der Waals surface area contributed by atoms with Gasteiger partial charge in [0, 0.05) is 12.0 Å². The second kappa shape index (κ2) is 9.17. The van der Waals surface area contributed by atoms with E-state index in [-0.39, 0.29) is 28.5 Å². The number of aliphatic imine (C=N–C) groups is 1. The van der Waals surface area contributed by atoms with Gasteiger partial charge in [-0.3, -0.25) is 4.79 Å². The van der Waals surface area contributed by atoms with Crippen molar-refractivity contribution in [1.82, 2.24) is 10.3 Å². The monoisotopic (exact) mass is 465 g/mol. The van der Waals surface area contributed by atoms with Crippen molar-refractivity contribution in [2.24, 2.45) is 10.1 Å². The minimum absolute atomic E-state index is 0.00115. The molecule has 0 saturated heterocycles. The summed E-state index contributed by atoms with van der Waals surface area (Å²) in [6.07, 6.45) is -0.729. The first-order valence-corrected chi connectivity index (χ1v) is 10.1. The van der Waals surface area contributed by atoms with E-state index >= 15 is 0 Å². The predicted octanol–water partition coefficient (Wildman–Crippen LogP) is 4.28. The molecule has 2 aromatic carbocycles. The number of benzene rings is 2. The number of hydrazone groups is 1. The molecule has 33 heavy (non-hydrogen) atoms. The normalized spacial score (nSPS) is 15.2. The zero-order valence-electron chi connectivity index (χ0n) is 17.1. The van der Waals surface area contributed by atoms with Gasteiger partial charge in [0.1, 0.15) is 11.9 Å². The number of halogens is 2. The lowest BCUT2D eigenvalue weighted by molar-refractivity contribution is -0.129. The molecule has 166 valence electrons. The average Bonchev–Trinajstić information content (AvgIpc) is 3.24. The van der Waals surface area contributed by atoms with Crippen molar-refractivity contribution in [3.05, 3.63) is 77.1 Å². The number of aromatic nitrogens is 1. The van der Waals surface area contributed by atoms with Crippen LogP contribution in [0.2, 0.25) is 5.02 Å². The van der Waals surface area contributed by atoms with E-state index in [0.29, 0.717) is 16.9 Å². The fourth-order valence-corrected chi connectivity index (χ4v) is 3.56. The van der Waals surface area contributed by atoms with Gasteiger partial charge < -0.3 is 10.4 Å². The highest BCUT2D eigenvalue weighted by Gasteiger charge is 2.32. The molecule has 1 aliphatic rings. The number of carboxylic acids is 1. The fourth-order valence-electron chi connectivity index (χ4n) is 3.36. The van der Waals surface area contributed by atoms with Crippen molar-refractivity contribution in [3.8, 4) is 11.3 Å². The smallest absolute Gasteiger partial charge is 0.352 e. The molecule has 0 radical (unpaired) electrons. The summed E-state index contributed by atoms with van der Waals surface area (Å²) in [5.74, 6) is -2.46. The Labute approximate surface area is 193 Å². The highest BCUT2D eigenvalue weighted by molar-refractivity contribution is 6.36. The molecule has 0 fully saturated rings. The number of carboxylic acid groups (broad SMARTS) is 1. The first-order chi connectivity index (χ1) is 15.9. The Bertz CT molecular complexity index is 1280. The van der Waals surface area contributed by atoms with E-state index in [1.807, 2.05) is 6.07 Å². The third kappa shape index (κ3) is 4.58. The number of para-hydroxylation sites is 1. The highest BCUT2D eigenvalue weighted by atomic mass is 35.5. The van der Waals surface area contributed by atoms with Gasteiger partial charge in [0.25, 0.3) is 5.91 Å². The maximum Gasteiger partial charge on any atom is 0.352 e. The number of nitrogens with zero attached hydrogens (tertiary/aromatic N) is 4. The van der Waals surface area contributed by atoms with Gasteiger partial charge in [0.05, 0.1) is 22.0 Å². The van der Waals surface area contributed by atoms with Crippen LogP contribution in [-0.4, -0.2) is 40.6 Å². The number of carbonyl (C=O) groups is 2. The molecule has 0 aliphatic carbocycles. The summed E-state index contributed by atoms with van der Waals surface area (Å²) < 4.78 is 13.7. The topological polar surface area (TPSA) is 107 Å². The van der Waals surface area contributed by atoms with E-state index in [0.717, 1.165) is 0 Å². The van der Waals surface area contributed by atoms with Crippen molar-refractivity contribution in [2.75, 3.05) is 5.01 Å². The number of aliphatic carboxylic acids is 1. The first-order valence-electron chi connectivity index (χ1n) is 9.76. The third-order valence-corrected chi connectivity index (χ3v) is 5.29. The van der Waals surface area contributed by atoms with E-state index in [9.17, 15) is 19.1 Å². The van der Waals surface area contributed by atoms with Crippen LogP contribution in [0, 0.1) is 5.82 Å². The van der Waals surface area contributed by atoms with Crippen LogP contribution in [-0.2, 0) is 4.79 Å². The number of rotatable bonds is 6. The maximum absolute atomic E-state index is 13.7. The van der Waals surface area contributed by atoms with Crippen molar-refractivity contribution >= 4 is 47.4 Å². The van der Waals surface area contributed by atoms with E-state index < -0.39 is 23.9 Å². The van der Waals surface area contributed by atoms with Crippen molar-refractivity contribution in [2.45, 2.75) is 12.6 Å². The van der Waals surface area contributed by atoms with E-state index in [1.165, 1.54) is 29.3 Å². The Morgan fingerprint density at radius 1 is 1.18 bits per heavy atom. The predicted molar refractivity (Wildman–Crippen MR) is 124 cm³/mol. The average molecular weight is 466 g/mol. The van der Waals surface area contributed by atoms with Crippen LogP contribution in [0.4, 0.5) is 15.9 Å². The first kappa shape index (κ1) is 22.1. The van der Waals surface area contributed by atoms with Crippen LogP contribution in [0.25, 0.3) is 11.3 Å². The number of amides is 1. The van der Waals surface area contributed by atoms with Gasteiger partial charge in [-0.2, -0.15) is 5.10 Å². The zero-order valence-corrected chi connectivity index (χ0v) is 17.8. The standard InChI is InChI=1S/C23H17ClFN5O3/c1-26-21-17(25)9-10-18(27-21)13-7-8-16(24)15(11-13)22(31)28-20-12-19(23(32)33)29-30(20)14-5-3-2-4-6-14/h2-11,20H,1,12H2,(H,28,31)(H,32,33). The molecule has 3 aromatic rings. The molecule has 1 atom stereocenters. The maximum atomic E-state index is 13.7. The van der Waals surface area contributed by atoms with Crippen molar-refractivity contribution in [1.29, 1.82) is 0 Å². The molecular formula is C23H17ClFN5O3. The molecule has 4 rings (SSSR count). The van der Waals surface area contributed by atoms with Gasteiger partial charge in [-0.25, -0.2) is 24.2 Å². The lowest BCUT2D eigenvalue weighted by Gasteiger charge is -2.24. The minimum atomic E-state index is -1.17. The lowest BCUT2D eigenvalue weighted by atomic mass is 10.1. The summed E-state index contributed by atoms with van der Waals surface area (Å²) in [5, 5.41) is 17.9.